The molecule has 0 saturated carbocycles. The molecule has 3 heterocycles. The Morgan fingerprint density at radius 3 is 2.45 bits per heavy atom. The van der Waals surface area contributed by atoms with Gasteiger partial charge in [-0.3, -0.25) is 14.4 Å². The lowest BCUT2D eigenvalue weighted by Crippen LogP contribution is -2.57. The van der Waals surface area contributed by atoms with Gasteiger partial charge in [0.25, 0.3) is 5.91 Å². The summed E-state index contributed by atoms with van der Waals surface area (Å²) in [5.74, 6) is -2.03. The number of para-hydroxylation sites is 1. The Morgan fingerprint density at radius 1 is 1.12 bits per heavy atom. The Kier molecular flexibility index (Phi) is 8.73. The van der Waals surface area contributed by atoms with Crippen LogP contribution in [-0.2, 0) is 19.1 Å². The van der Waals surface area contributed by atoms with E-state index < -0.39 is 35.5 Å². The first-order valence-electron chi connectivity index (χ1n) is 14.2. The number of hydrogen-bond donors (Lipinski definition) is 1. The molecule has 9 nitrogen and oxygen atoms in total. The number of aliphatic hydroxyl groups is 1. The number of carbonyl (C=O) groups excluding carboxylic acids is 3. The third kappa shape index (κ3) is 4.89. The number of anilines is 2. The van der Waals surface area contributed by atoms with Gasteiger partial charge in [-0.1, -0.05) is 35.9 Å². The van der Waals surface area contributed by atoms with E-state index in [1.807, 2.05) is 6.92 Å². The molecule has 1 N–H and O–H groups in total. The van der Waals surface area contributed by atoms with E-state index >= 15 is 0 Å². The van der Waals surface area contributed by atoms with E-state index in [9.17, 15) is 19.5 Å². The zero-order valence-corrected chi connectivity index (χ0v) is 24.4. The Morgan fingerprint density at radius 2 is 1.81 bits per heavy atom. The lowest BCUT2D eigenvalue weighted by molar-refractivity contribution is -0.141. The second-order valence-corrected chi connectivity index (χ2v) is 11.1. The number of β-amino-alcohol motifs (C(OH)–C–C–N with tert-alkyl or cyclic N) is 1. The van der Waals surface area contributed by atoms with Crippen LogP contribution in [0.3, 0.4) is 0 Å². The summed E-state index contributed by atoms with van der Waals surface area (Å²) >= 11 is 6.49. The maximum absolute atomic E-state index is 14.4. The van der Waals surface area contributed by atoms with Gasteiger partial charge < -0.3 is 29.3 Å². The number of rotatable bonds is 12. The summed E-state index contributed by atoms with van der Waals surface area (Å²) in [5, 5.41) is 10.3. The molecule has 5 rings (SSSR count). The fourth-order valence-corrected chi connectivity index (χ4v) is 7.08. The normalized spacial score (nSPS) is 25.7. The predicted octanol–water partition coefficient (Wildman–Crippen LogP) is 3.84. The first kappa shape index (κ1) is 29.8. The average Bonchev–Trinajstić information content (AvgIpc) is 3.63. The molecule has 3 amide bonds. The van der Waals surface area contributed by atoms with Crippen LogP contribution in [0.1, 0.15) is 19.8 Å². The van der Waals surface area contributed by atoms with Crippen molar-refractivity contribution in [2.75, 3.05) is 42.6 Å². The molecule has 1 spiro atoms. The largest absolute Gasteiger partial charge is 0.494 e. The number of ether oxygens (including phenoxy) is 2. The number of nitrogens with zero attached hydrogens (tertiary/aromatic N) is 3. The number of carbonyl (C=O) groups is 3. The van der Waals surface area contributed by atoms with Gasteiger partial charge in [-0.25, -0.2) is 0 Å². The van der Waals surface area contributed by atoms with E-state index in [1.165, 1.54) is 9.80 Å². The van der Waals surface area contributed by atoms with Crippen LogP contribution in [0.15, 0.2) is 73.8 Å². The molecule has 3 aliphatic rings. The predicted molar refractivity (Wildman–Crippen MR) is 161 cm³/mol. The van der Waals surface area contributed by atoms with Gasteiger partial charge in [0.05, 0.1) is 41.9 Å². The molecule has 222 valence electrons. The van der Waals surface area contributed by atoms with Crippen molar-refractivity contribution in [3.8, 4) is 5.75 Å². The van der Waals surface area contributed by atoms with Gasteiger partial charge in [-0.2, -0.15) is 0 Å². The van der Waals surface area contributed by atoms with Crippen molar-refractivity contribution in [2.45, 2.75) is 37.5 Å². The first-order valence-corrected chi connectivity index (χ1v) is 14.6. The molecule has 2 bridgehead atoms. The van der Waals surface area contributed by atoms with Crippen LogP contribution < -0.4 is 14.5 Å². The number of benzene rings is 2. The first-order chi connectivity index (χ1) is 20.3. The van der Waals surface area contributed by atoms with Gasteiger partial charge >= 0.3 is 0 Å². The maximum atomic E-state index is 14.4. The molecular weight excluding hydrogens is 558 g/mol. The Labute approximate surface area is 250 Å². The summed E-state index contributed by atoms with van der Waals surface area (Å²) in [7, 11) is 0. The average molecular weight is 594 g/mol. The second-order valence-electron chi connectivity index (χ2n) is 10.7. The van der Waals surface area contributed by atoms with Crippen molar-refractivity contribution in [3.63, 3.8) is 0 Å². The van der Waals surface area contributed by atoms with Gasteiger partial charge in [0.2, 0.25) is 11.8 Å². The molecule has 3 aliphatic heterocycles. The van der Waals surface area contributed by atoms with Crippen molar-refractivity contribution >= 4 is 40.7 Å². The van der Waals surface area contributed by atoms with E-state index in [2.05, 4.69) is 13.2 Å². The van der Waals surface area contributed by atoms with E-state index in [0.717, 1.165) is 0 Å². The minimum absolute atomic E-state index is 0.0673. The molecule has 5 atom stereocenters. The zero-order chi connectivity index (χ0) is 30.0. The van der Waals surface area contributed by atoms with E-state index in [1.54, 1.807) is 65.6 Å². The number of hydrogen-bond acceptors (Lipinski definition) is 6. The van der Waals surface area contributed by atoms with E-state index in [0.29, 0.717) is 41.6 Å². The molecule has 3 saturated heterocycles. The molecule has 3 fully saturated rings. The SMILES string of the molecule is C=CCN(C(=O)[C@@H]1[C@@H]2CCC3(O2)C(C(=O)N(CC=C)c2ccccc2Cl)N(CCO)C(=O)[C@H]13)c1ccc(OCC)cc1. The van der Waals surface area contributed by atoms with E-state index in [4.69, 9.17) is 21.1 Å². The summed E-state index contributed by atoms with van der Waals surface area (Å²) in [4.78, 5) is 47.3. The Bertz CT molecular complexity index is 1370. The summed E-state index contributed by atoms with van der Waals surface area (Å²) in [6.07, 6.45) is 3.66. The molecule has 2 aromatic carbocycles. The number of likely N-dealkylation sites (tertiary alicyclic amines) is 1. The van der Waals surface area contributed by atoms with Crippen molar-refractivity contribution in [3.05, 3.63) is 78.9 Å². The molecule has 10 heteroatoms. The fourth-order valence-electron chi connectivity index (χ4n) is 6.84. The van der Waals surface area contributed by atoms with Gasteiger partial charge in [-0.05, 0) is 56.2 Å². The number of aliphatic hydroxyl groups excluding tert-OH is 1. The molecule has 42 heavy (non-hydrogen) atoms. The van der Waals surface area contributed by atoms with Crippen molar-refractivity contribution in [1.82, 2.24) is 4.90 Å². The molecule has 0 radical (unpaired) electrons. The summed E-state index contributed by atoms with van der Waals surface area (Å²) < 4.78 is 12.1. The van der Waals surface area contributed by atoms with Crippen LogP contribution in [0, 0.1) is 11.8 Å². The number of fused-ring (bicyclic) bond motifs is 1. The molecular formula is C32H36ClN3O6. The van der Waals surface area contributed by atoms with Crippen LogP contribution in [-0.4, -0.2) is 78.3 Å². The standard InChI is InChI=1S/C32H36ClN3O6/c1-4-17-34(21-11-13-22(14-12-21)41-6-3)29(38)26-25-15-16-32(42-25)27(26)30(39)36(19-20-37)28(32)31(40)35(18-5-2)24-10-8-7-9-23(24)33/h4-5,7-14,25-28,37H,1-2,6,15-20H2,3H3/t25-,26+,27-,28?,32?/m0/s1. The lowest BCUT2D eigenvalue weighted by Gasteiger charge is -2.37. The lowest BCUT2D eigenvalue weighted by atomic mass is 9.70. The topological polar surface area (TPSA) is 99.6 Å². The summed E-state index contributed by atoms with van der Waals surface area (Å²) in [6.45, 7) is 10.0. The van der Waals surface area contributed by atoms with Crippen LogP contribution in [0.2, 0.25) is 5.02 Å². The van der Waals surface area contributed by atoms with Crippen LogP contribution in [0.5, 0.6) is 5.75 Å². The second kappa shape index (κ2) is 12.3. The monoisotopic (exact) mass is 593 g/mol. The quantitative estimate of drug-likeness (QED) is 0.376. The van der Waals surface area contributed by atoms with Crippen molar-refractivity contribution in [2.24, 2.45) is 11.8 Å². The van der Waals surface area contributed by atoms with Gasteiger partial charge in [0, 0.05) is 25.3 Å². The van der Waals surface area contributed by atoms with Crippen LogP contribution in [0.25, 0.3) is 0 Å². The van der Waals surface area contributed by atoms with Crippen molar-refractivity contribution in [1.29, 1.82) is 0 Å². The van der Waals surface area contributed by atoms with Gasteiger partial charge in [0.1, 0.15) is 17.4 Å². The van der Waals surface area contributed by atoms with Crippen LogP contribution in [0.4, 0.5) is 11.4 Å². The molecule has 2 aromatic rings. The zero-order valence-electron chi connectivity index (χ0n) is 23.7. The highest BCUT2D eigenvalue weighted by Gasteiger charge is 2.75. The third-order valence-electron chi connectivity index (χ3n) is 8.42. The summed E-state index contributed by atoms with van der Waals surface area (Å²) in [6, 6.07) is 13.1. The summed E-state index contributed by atoms with van der Waals surface area (Å²) in [5.41, 5.74) is -0.0947. The smallest absolute Gasteiger partial charge is 0.253 e. The fraction of sp³-hybridized carbons (Fsp3) is 0.406. The maximum Gasteiger partial charge on any atom is 0.253 e. The Balaban J connectivity index is 1.52. The number of halogens is 1. The number of amides is 3. The molecule has 0 aliphatic carbocycles. The van der Waals surface area contributed by atoms with Gasteiger partial charge in [0.15, 0.2) is 0 Å². The minimum atomic E-state index is -1.21. The molecule has 2 unspecified atom stereocenters. The highest BCUT2D eigenvalue weighted by atomic mass is 35.5. The molecule has 0 aromatic heterocycles. The highest BCUT2D eigenvalue weighted by molar-refractivity contribution is 6.34. The minimum Gasteiger partial charge on any atom is -0.494 e. The van der Waals surface area contributed by atoms with Gasteiger partial charge in [-0.15, -0.1) is 13.2 Å². The Hall–Kier alpha value is -3.66. The van der Waals surface area contributed by atoms with E-state index in [-0.39, 0.29) is 38.1 Å². The highest BCUT2D eigenvalue weighted by Crippen LogP contribution is 2.59. The van der Waals surface area contributed by atoms with Crippen molar-refractivity contribution < 1.29 is 29.0 Å². The third-order valence-corrected chi connectivity index (χ3v) is 8.74. The van der Waals surface area contributed by atoms with Crippen LogP contribution >= 0.6 is 11.6 Å².